The van der Waals surface area contributed by atoms with Crippen LogP contribution in [0.1, 0.15) is 34.8 Å². The molecule has 25 heavy (non-hydrogen) atoms. The maximum atomic E-state index is 12.2. The van der Waals surface area contributed by atoms with Gasteiger partial charge >= 0.3 is 5.97 Å². The molecule has 0 unspecified atom stereocenters. The number of aryl methyl sites for hydroxylation is 1. The molecule has 1 aliphatic rings. The van der Waals surface area contributed by atoms with Crippen molar-refractivity contribution in [1.29, 1.82) is 0 Å². The normalized spacial score (nSPS) is 12.6. The first-order valence-electron chi connectivity index (χ1n) is 8.39. The minimum absolute atomic E-state index is 0.149. The number of carbonyl (C=O) groups is 2. The summed E-state index contributed by atoms with van der Waals surface area (Å²) < 4.78 is 10.7. The van der Waals surface area contributed by atoms with Gasteiger partial charge in [-0.2, -0.15) is 0 Å². The maximum absolute atomic E-state index is 12.2. The molecule has 2 aromatic carbocycles. The number of benzene rings is 2. The van der Waals surface area contributed by atoms with Gasteiger partial charge in [0.2, 0.25) is 0 Å². The average molecular weight is 336 g/mol. The van der Waals surface area contributed by atoms with E-state index in [1.165, 1.54) is 5.56 Å². The van der Waals surface area contributed by atoms with Gasteiger partial charge in [0, 0.05) is 11.1 Å². The van der Waals surface area contributed by atoms with Crippen molar-refractivity contribution < 1.29 is 19.1 Å². The highest BCUT2D eigenvalue weighted by Crippen LogP contribution is 2.26. The number of esters is 1. The predicted molar refractivity (Wildman–Crippen MR) is 95.6 cm³/mol. The number of ketones is 1. The number of fused-ring (bicyclic) bond motifs is 1. The molecule has 0 aromatic heterocycles. The molecule has 128 valence electrons. The molecule has 0 atom stereocenters. The van der Waals surface area contributed by atoms with E-state index in [2.05, 4.69) is 6.92 Å². The van der Waals surface area contributed by atoms with Crippen molar-refractivity contribution in [3.05, 3.63) is 70.8 Å². The number of para-hydroxylation sites is 1. The highest BCUT2D eigenvalue weighted by atomic mass is 16.5. The molecule has 0 fully saturated rings. The van der Waals surface area contributed by atoms with Crippen molar-refractivity contribution in [1.82, 2.24) is 0 Å². The SMILES string of the molecule is CCCc1ccc(C(=O)COC(=O)C2=Cc3ccccc3OC2)cc1. The number of hydrogen-bond donors (Lipinski definition) is 0. The summed E-state index contributed by atoms with van der Waals surface area (Å²) in [6, 6.07) is 14.9. The fourth-order valence-corrected chi connectivity index (χ4v) is 2.69. The van der Waals surface area contributed by atoms with Crippen LogP contribution in [0, 0.1) is 0 Å². The van der Waals surface area contributed by atoms with Gasteiger partial charge in [-0.1, -0.05) is 55.8 Å². The second-order valence-electron chi connectivity index (χ2n) is 5.94. The standard InChI is InChI=1S/C21H20O4/c1-2-5-15-8-10-16(11-9-15)19(22)14-25-21(23)18-12-17-6-3-4-7-20(17)24-13-18/h3-4,6-12H,2,5,13-14H2,1H3. The Morgan fingerprint density at radius 1 is 1.08 bits per heavy atom. The summed E-state index contributed by atoms with van der Waals surface area (Å²) in [6.45, 7) is 1.99. The summed E-state index contributed by atoms with van der Waals surface area (Å²) in [5.74, 6) is 0.00174. The highest BCUT2D eigenvalue weighted by molar-refractivity contribution is 6.00. The van der Waals surface area contributed by atoms with E-state index in [4.69, 9.17) is 9.47 Å². The average Bonchev–Trinajstić information content (AvgIpc) is 2.66. The van der Waals surface area contributed by atoms with Crippen molar-refractivity contribution in [2.24, 2.45) is 0 Å². The monoisotopic (exact) mass is 336 g/mol. The van der Waals surface area contributed by atoms with Crippen LogP contribution >= 0.6 is 0 Å². The number of Topliss-reactive ketones (excluding diaryl/α,β-unsaturated/α-hetero) is 1. The lowest BCUT2D eigenvalue weighted by Crippen LogP contribution is -2.20. The third-order valence-corrected chi connectivity index (χ3v) is 4.04. The molecule has 3 rings (SSSR count). The Morgan fingerprint density at radius 3 is 2.60 bits per heavy atom. The first-order chi connectivity index (χ1) is 12.2. The molecular formula is C21H20O4. The van der Waals surface area contributed by atoms with Crippen LogP contribution in [0.5, 0.6) is 5.75 Å². The fourth-order valence-electron chi connectivity index (χ4n) is 2.69. The summed E-state index contributed by atoms with van der Waals surface area (Å²) >= 11 is 0. The van der Waals surface area contributed by atoms with Gasteiger partial charge in [-0.3, -0.25) is 4.79 Å². The van der Waals surface area contributed by atoms with E-state index in [0.717, 1.165) is 24.2 Å². The predicted octanol–water partition coefficient (Wildman–Crippen LogP) is 3.84. The van der Waals surface area contributed by atoms with E-state index >= 15 is 0 Å². The molecule has 1 aliphatic heterocycles. The van der Waals surface area contributed by atoms with Gasteiger partial charge in [0.25, 0.3) is 0 Å². The van der Waals surface area contributed by atoms with Crippen LogP contribution in [0.4, 0.5) is 0 Å². The van der Waals surface area contributed by atoms with E-state index in [1.54, 1.807) is 18.2 Å². The molecule has 0 saturated heterocycles. The van der Waals surface area contributed by atoms with Gasteiger partial charge < -0.3 is 9.47 Å². The van der Waals surface area contributed by atoms with Crippen LogP contribution in [0.2, 0.25) is 0 Å². The molecule has 4 heteroatoms. The third-order valence-electron chi connectivity index (χ3n) is 4.04. The van der Waals surface area contributed by atoms with Gasteiger partial charge in [0.05, 0.1) is 5.57 Å². The second kappa shape index (κ2) is 7.79. The first-order valence-corrected chi connectivity index (χ1v) is 8.39. The Labute approximate surface area is 147 Å². The highest BCUT2D eigenvalue weighted by Gasteiger charge is 2.19. The summed E-state index contributed by atoms with van der Waals surface area (Å²) in [6.07, 6.45) is 3.79. The Morgan fingerprint density at radius 2 is 1.84 bits per heavy atom. The minimum Gasteiger partial charge on any atom is -0.488 e. The van der Waals surface area contributed by atoms with Crippen molar-refractivity contribution in [2.75, 3.05) is 13.2 Å². The lowest BCUT2D eigenvalue weighted by Gasteiger charge is -2.16. The molecule has 1 heterocycles. The molecule has 4 nitrogen and oxygen atoms in total. The minimum atomic E-state index is -0.523. The van der Waals surface area contributed by atoms with E-state index in [-0.39, 0.29) is 19.0 Å². The molecule has 0 bridgehead atoms. The molecule has 0 spiro atoms. The zero-order valence-corrected chi connectivity index (χ0v) is 14.2. The van der Waals surface area contributed by atoms with Crippen molar-refractivity contribution in [3.63, 3.8) is 0 Å². The molecule has 0 saturated carbocycles. The van der Waals surface area contributed by atoms with Crippen LogP contribution in [0.25, 0.3) is 6.08 Å². The summed E-state index contributed by atoms with van der Waals surface area (Å²) in [7, 11) is 0. The van der Waals surface area contributed by atoms with E-state index < -0.39 is 5.97 Å². The van der Waals surface area contributed by atoms with Crippen LogP contribution < -0.4 is 4.74 Å². The Kier molecular flexibility index (Phi) is 5.29. The Hall–Kier alpha value is -2.88. The smallest absolute Gasteiger partial charge is 0.337 e. The Balaban J connectivity index is 1.59. The lowest BCUT2D eigenvalue weighted by atomic mass is 10.1. The van der Waals surface area contributed by atoms with Crippen LogP contribution in [0.15, 0.2) is 54.1 Å². The topological polar surface area (TPSA) is 52.6 Å². The second-order valence-corrected chi connectivity index (χ2v) is 5.94. The molecule has 2 aromatic rings. The van der Waals surface area contributed by atoms with Gasteiger partial charge in [0.1, 0.15) is 12.4 Å². The van der Waals surface area contributed by atoms with E-state index in [0.29, 0.717) is 11.1 Å². The lowest BCUT2D eigenvalue weighted by molar-refractivity contribution is -0.138. The zero-order chi connectivity index (χ0) is 17.6. The van der Waals surface area contributed by atoms with Gasteiger partial charge in [-0.25, -0.2) is 4.79 Å². The van der Waals surface area contributed by atoms with Crippen molar-refractivity contribution in [3.8, 4) is 5.75 Å². The summed E-state index contributed by atoms with van der Waals surface area (Å²) in [5.41, 5.74) is 2.98. The van der Waals surface area contributed by atoms with E-state index in [1.807, 2.05) is 36.4 Å². The number of rotatable bonds is 6. The van der Waals surface area contributed by atoms with Gasteiger partial charge in [0.15, 0.2) is 12.4 Å². The van der Waals surface area contributed by atoms with Crippen LogP contribution in [0.3, 0.4) is 0 Å². The van der Waals surface area contributed by atoms with Crippen LogP contribution in [-0.4, -0.2) is 25.0 Å². The molecule has 0 aliphatic carbocycles. The number of carbonyl (C=O) groups excluding carboxylic acids is 2. The maximum Gasteiger partial charge on any atom is 0.337 e. The number of hydrogen-bond acceptors (Lipinski definition) is 4. The van der Waals surface area contributed by atoms with Crippen molar-refractivity contribution in [2.45, 2.75) is 19.8 Å². The van der Waals surface area contributed by atoms with Gasteiger partial charge in [-0.15, -0.1) is 0 Å². The van der Waals surface area contributed by atoms with Gasteiger partial charge in [-0.05, 0) is 24.1 Å². The first kappa shape index (κ1) is 17.0. The summed E-state index contributed by atoms with van der Waals surface area (Å²) in [5, 5.41) is 0. The zero-order valence-electron chi connectivity index (χ0n) is 14.2. The summed E-state index contributed by atoms with van der Waals surface area (Å²) in [4.78, 5) is 24.3. The molecule has 0 N–H and O–H groups in total. The Bertz CT molecular complexity index is 803. The fraction of sp³-hybridized carbons (Fsp3) is 0.238. The van der Waals surface area contributed by atoms with E-state index in [9.17, 15) is 9.59 Å². The molecule has 0 amide bonds. The number of ether oxygens (including phenoxy) is 2. The molecular weight excluding hydrogens is 316 g/mol. The quantitative estimate of drug-likeness (QED) is 0.594. The third kappa shape index (κ3) is 4.15. The largest absolute Gasteiger partial charge is 0.488 e. The molecule has 0 radical (unpaired) electrons. The van der Waals surface area contributed by atoms with Crippen LogP contribution in [-0.2, 0) is 16.0 Å². The van der Waals surface area contributed by atoms with Crippen molar-refractivity contribution >= 4 is 17.8 Å².